The Labute approximate surface area is 139 Å². The zero-order chi connectivity index (χ0) is 17.0. The molecule has 0 amide bonds. The molecule has 23 heavy (non-hydrogen) atoms. The van der Waals surface area contributed by atoms with E-state index in [0.29, 0.717) is 29.7 Å². The van der Waals surface area contributed by atoms with Crippen molar-refractivity contribution in [3.8, 4) is 0 Å². The van der Waals surface area contributed by atoms with Crippen molar-refractivity contribution >= 4 is 16.0 Å². The maximum atomic E-state index is 12.5. The van der Waals surface area contributed by atoms with E-state index in [2.05, 4.69) is 20.8 Å². The number of carbonyl (C=O) groups excluding carboxylic acids is 1. The van der Waals surface area contributed by atoms with E-state index >= 15 is 0 Å². The predicted molar refractivity (Wildman–Crippen MR) is 88.2 cm³/mol. The molecule has 4 aliphatic rings. The molecule has 0 aromatic heterocycles. The zero-order valence-electron chi connectivity index (χ0n) is 14.6. The van der Waals surface area contributed by atoms with E-state index in [-0.39, 0.29) is 24.5 Å². The van der Waals surface area contributed by atoms with Crippen LogP contribution in [0.4, 0.5) is 0 Å². The van der Waals surface area contributed by atoms with Crippen LogP contribution in [0.15, 0.2) is 0 Å². The van der Waals surface area contributed by atoms with Crippen molar-refractivity contribution < 1.29 is 17.9 Å². The first-order valence-electron chi connectivity index (χ1n) is 8.76. The van der Waals surface area contributed by atoms with Gasteiger partial charge in [-0.25, -0.2) is 12.7 Å². The Hall–Kier alpha value is -0.620. The lowest BCUT2D eigenvalue weighted by Crippen LogP contribution is -2.57. The van der Waals surface area contributed by atoms with Crippen LogP contribution in [0.2, 0.25) is 0 Å². The summed E-state index contributed by atoms with van der Waals surface area (Å²) in [5, 5.41) is 0. The molecule has 5 nitrogen and oxygen atoms in total. The number of piperidine rings is 1. The molecule has 0 unspecified atom stereocenters. The van der Waals surface area contributed by atoms with Gasteiger partial charge in [0.15, 0.2) is 0 Å². The lowest BCUT2D eigenvalue weighted by molar-refractivity contribution is -0.190. The van der Waals surface area contributed by atoms with Gasteiger partial charge in [0.25, 0.3) is 0 Å². The molecular weight excluding hydrogens is 314 g/mol. The molecular formula is C17H29NO4S. The molecule has 0 radical (unpaired) electrons. The van der Waals surface area contributed by atoms with Crippen molar-refractivity contribution in [1.82, 2.24) is 4.31 Å². The molecule has 2 bridgehead atoms. The van der Waals surface area contributed by atoms with Crippen LogP contribution in [-0.4, -0.2) is 44.1 Å². The number of hydrogen-bond donors (Lipinski definition) is 0. The predicted octanol–water partition coefficient (Wildman–Crippen LogP) is 2.27. The third kappa shape index (κ3) is 3.04. The fourth-order valence-corrected chi connectivity index (χ4v) is 5.85. The summed E-state index contributed by atoms with van der Waals surface area (Å²) < 4.78 is 30.6. The van der Waals surface area contributed by atoms with Gasteiger partial charge in [-0.3, -0.25) is 4.79 Å². The minimum absolute atomic E-state index is 0.00730. The molecule has 1 aliphatic heterocycles. The SMILES string of the molecule is C[C@@H]1[C@@H](OC(=O)[C@@H]2CCCN(S(C)(=O)=O)C2)C[C@H]2C[C@H]1C2(C)C. The summed E-state index contributed by atoms with van der Waals surface area (Å²) in [7, 11) is -3.23. The number of rotatable bonds is 3. The first kappa shape index (κ1) is 17.2. The Bertz CT molecular complexity index is 585. The van der Waals surface area contributed by atoms with E-state index in [1.165, 1.54) is 17.0 Å². The standard InChI is InChI=1S/C17H29NO4S/c1-11-14-8-13(17(14,2)3)9-15(11)22-16(19)12-6-5-7-18(10-12)23(4,20)21/h11-15H,5-10H2,1-4H3/t11-,12+,13+,14+,15-/m0/s1. The minimum atomic E-state index is -3.23. The molecule has 0 N–H and O–H groups in total. The molecule has 3 aliphatic carbocycles. The van der Waals surface area contributed by atoms with Crippen molar-refractivity contribution in [3.63, 3.8) is 0 Å². The average Bonchev–Trinajstić information content (AvgIpc) is 2.48. The molecule has 0 spiro atoms. The Morgan fingerprint density at radius 2 is 1.96 bits per heavy atom. The number of esters is 1. The smallest absolute Gasteiger partial charge is 0.310 e. The van der Waals surface area contributed by atoms with Crippen LogP contribution in [0.1, 0.15) is 46.5 Å². The molecule has 4 rings (SSSR count). The van der Waals surface area contributed by atoms with Gasteiger partial charge in [-0.2, -0.15) is 0 Å². The number of sulfonamides is 1. The third-order valence-electron chi connectivity index (χ3n) is 6.74. The van der Waals surface area contributed by atoms with Gasteiger partial charge in [-0.1, -0.05) is 20.8 Å². The highest BCUT2D eigenvalue weighted by Gasteiger charge is 2.57. The number of ether oxygens (including phenoxy) is 1. The minimum Gasteiger partial charge on any atom is -0.462 e. The number of fused-ring (bicyclic) bond motifs is 2. The van der Waals surface area contributed by atoms with Crippen molar-refractivity contribution in [3.05, 3.63) is 0 Å². The Balaban J connectivity index is 1.60. The van der Waals surface area contributed by atoms with Crippen molar-refractivity contribution in [2.45, 2.75) is 52.6 Å². The van der Waals surface area contributed by atoms with Crippen molar-refractivity contribution in [1.29, 1.82) is 0 Å². The second-order valence-electron chi connectivity index (χ2n) is 8.39. The van der Waals surface area contributed by atoms with Gasteiger partial charge in [0.2, 0.25) is 10.0 Å². The van der Waals surface area contributed by atoms with E-state index in [1.54, 1.807) is 0 Å². The summed E-state index contributed by atoms with van der Waals surface area (Å²) in [6.07, 6.45) is 4.88. The molecule has 132 valence electrons. The summed E-state index contributed by atoms with van der Waals surface area (Å²) in [6.45, 7) is 7.64. The summed E-state index contributed by atoms with van der Waals surface area (Å²) in [6, 6.07) is 0. The molecule has 0 aromatic rings. The summed E-state index contributed by atoms with van der Waals surface area (Å²) >= 11 is 0. The average molecular weight is 343 g/mol. The summed E-state index contributed by atoms with van der Waals surface area (Å²) in [5.74, 6) is 1.18. The summed E-state index contributed by atoms with van der Waals surface area (Å²) in [5.41, 5.74) is 0.375. The van der Waals surface area contributed by atoms with E-state index in [0.717, 1.165) is 19.3 Å². The molecule has 3 saturated carbocycles. The normalized spacial score (nSPS) is 40.3. The van der Waals surface area contributed by atoms with Crippen LogP contribution >= 0.6 is 0 Å². The summed E-state index contributed by atoms with van der Waals surface area (Å²) in [4.78, 5) is 12.5. The Morgan fingerprint density at radius 3 is 2.52 bits per heavy atom. The van der Waals surface area contributed by atoms with Gasteiger partial charge in [0.05, 0.1) is 12.2 Å². The quantitative estimate of drug-likeness (QED) is 0.738. The first-order chi connectivity index (χ1) is 10.6. The maximum Gasteiger partial charge on any atom is 0.310 e. The second-order valence-corrected chi connectivity index (χ2v) is 10.4. The van der Waals surface area contributed by atoms with Crippen LogP contribution in [0.25, 0.3) is 0 Å². The van der Waals surface area contributed by atoms with Crippen LogP contribution in [0.5, 0.6) is 0 Å². The molecule has 1 saturated heterocycles. The largest absolute Gasteiger partial charge is 0.462 e. The van der Waals surface area contributed by atoms with E-state index < -0.39 is 10.0 Å². The highest BCUT2D eigenvalue weighted by atomic mass is 32.2. The van der Waals surface area contributed by atoms with Crippen LogP contribution in [-0.2, 0) is 19.6 Å². The maximum absolute atomic E-state index is 12.5. The van der Waals surface area contributed by atoms with Crippen LogP contribution < -0.4 is 0 Å². The number of hydrogen-bond acceptors (Lipinski definition) is 4. The molecule has 6 heteroatoms. The molecule has 1 heterocycles. The highest BCUT2D eigenvalue weighted by molar-refractivity contribution is 7.88. The topological polar surface area (TPSA) is 63.7 Å². The fourth-order valence-electron chi connectivity index (χ4n) is 4.94. The number of carbonyl (C=O) groups is 1. The monoisotopic (exact) mass is 343 g/mol. The third-order valence-corrected chi connectivity index (χ3v) is 8.01. The van der Waals surface area contributed by atoms with E-state index in [4.69, 9.17) is 4.74 Å². The highest BCUT2D eigenvalue weighted by Crippen LogP contribution is 2.61. The van der Waals surface area contributed by atoms with E-state index in [9.17, 15) is 13.2 Å². The van der Waals surface area contributed by atoms with Gasteiger partial charge >= 0.3 is 5.97 Å². The molecule has 5 atom stereocenters. The molecule has 4 fully saturated rings. The van der Waals surface area contributed by atoms with Crippen LogP contribution in [0.3, 0.4) is 0 Å². The van der Waals surface area contributed by atoms with Gasteiger partial charge < -0.3 is 4.74 Å². The van der Waals surface area contributed by atoms with Crippen molar-refractivity contribution in [2.24, 2.45) is 29.1 Å². The fraction of sp³-hybridized carbons (Fsp3) is 0.941. The van der Waals surface area contributed by atoms with Gasteiger partial charge in [0, 0.05) is 13.1 Å². The Kier molecular flexibility index (Phi) is 4.28. The van der Waals surface area contributed by atoms with Gasteiger partial charge in [-0.15, -0.1) is 0 Å². The zero-order valence-corrected chi connectivity index (χ0v) is 15.4. The van der Waals surface area contributed by atoms with E-state index in [1.807, 2.05) is 0 Å². The lowest BCUT2D eigenvalue weighted by Gasteiger charge is -2.61. The van der Waals surface area contributed by atoms with Gasteiger partial charge in [-0.05, 0) is 48.9 Å². The molecule has 0 aromatic carbocycles. The lowest BCUT2D eigenvalue weighted by atomic mass is 9.45. The first-order valence-corrected chi connectivity index (χ1v) is 10.6. The number of nitrogens with zero attached hydrogens (tertiary/aromatic N) is 1. The van der Waals surface area contributed by atoms with Crippen LogP contribution in [0, 0.1) is 29.1 Å². The van der Waals surface area contributed by atoms with Gasteiger partial charge in [0.1, 0.15) is 6.10 Å². The van der Waals surface area contributed by atoms with Crippen molar-refractivity contribution in [2.75, 3.05) is 19.3 Å². The Morgan fingerprint density at radius 1 is 1.26 bits per heavy atom. The second kappa shape index (κ2) is 5.73.